The number of halogens is 2. The number of rotatable bonds is 31. The van der Waals surface area contributed by atoms with Crippen LogP contribution in [0.2, 0.25) is 0 Å². The standard InChI is InChI=1S/C46H70Br2N2O2S2/c1-4-7-10-13-16-18-19-21-23-26-29-36(28-25-22-20-17-14-11-8-5-2)35-50-44(38-31-33-40(48)54-38)42-41(46(50)52)43(37-30-32-39(47)53-37)49(45(42)51)34-27-24-15-12-9-6-3/h30-33,36H,4-29,34-35H2,1-3H3. The van der Waals surface area contributed by atoms with Crippen molar-refractivity contribution in [1.82, 2.24) is 9.80 Å². The van der Waals surface area contributed by atoms with Gasteiger partial charge in [-0.1, -0.05) is 168 Å². The lowest BCUT2D eigenvalue weighted by atomic mass is 9.93. The van der Waals surface area contributed by atoms with Gasteiger partial charge in [0.1, 0.15) is 0 Å². The highest BCUT2D eigenvalue weighted by Gasteiger charge is 2.49. The van der Waals surface area contributed by atoms with Crippen LogP contribution in [-0.2, 0) is 9.59 Å². The van der Waals surface area contributed by atoms with E-state index in [2.05, 4.69) is 70.8 Å². The zero-order valence-corrected chi connectivity index (χ0v) is 38.8. The average Bonchev–Trinajstić information content (AvgIpc) is 3.92. The van der Waals surface area contributed by atoms with Crippen molar-refractivity contribution in [3.8, 4) is 0 Å². The van der Waals surface area contributed by atoms with Gasteiger partial charge in [0.2, 0.25) is 0 Å². The van der Waals surface area contributed by atoms with E-state index < -0.39 is 0 Å². The summed E-state index contributed by atoms with van der Waals surface area (Å²) in [5.41, 5.74) is 2.93. The summed E-state index contributed by atoms with van der Waals surface area (Å²) >= 11 is 10.6. The van der Waals surface area contributed by atoms with Gasteiger partial charge in [0, 0.05) is 13.1 Å². The molecule has 1 atom stereocenters. The summed E-state index contributed by atoms with van der Waals surface area (Å²) in [5.74, 6) is 0.449. The van der Waals surface area contributed by atoms with Crippen LogP contribution in [0.25, 0.3) is 11.4 Å². The first-order valence-corrected chi connectivity index (χ1v) is 25.3. The molecule has 2 aromatic rings. The number of fused-ring (bicyclic) bond motifs is 1. The summed E-state index contributed by atoms with van der Waals surface area (Å²) in [4.78, 5) is 35.6. The third kappa shape index (κ3) is 14.0. The number of carbonyl (C=O) groups excluding carboxylic acids is 2. The first-order chi connectivity index (χ1) is 26.4. The van der Waals surface area contributed by atoms with E-state index in [0.29, 0.717) is 30.2 Å². The molecule has 0 aliphatic carbocycles. The van der Waals surface area contributed by atoms with Crippen LogP contribution >= 0.6 is 54.5 Å². The van der Waals surface area contributed by atoms with Crippen molar-refractivity contribution in [1.29, 1.82) is 0 Å². The number of unbranched alkanes of at least 4 members (excludes halogenated alkanes) is 21. The molecule has 54 heavy (non-hydrogen) atoms. The maximum Gasteiger partial charge on any atom is 0.261 e. The number of thiophene rings is 2. The van der Waals surface area contributed by atoms with Crippen LogP contribution in [0.1, 0.15) is 197 Å². The van der Waals surface area contributed by atoms with Crippen LogP contribution in [0.4, 0.5) is 0 Å². The lowest BCUT2D eigenvalue weighted by Gasteiger charge is -2.28. The van der Waals surface area contributed by atoms with E-state index in [4.69, 9.17) is 0 Å². The van der Waals surface area contributed by atoms with Crippen molar-refractivity contribution in [3.63, 3.8) is 0 Å². The Hall–Kier alpha value is -1.22. The molecule has 302 valence electrons. The van der Waals surface area contributed by atoms with Gasteiger partial charge in [-0.3, -0.25) is 9.59 Å². The van der Waals surface area contributed by atoms with E-state index in [9.17, 15) is 9.59 Å². The fourth-order valence-corrected chi connectivity index (χ4v) is 11.2. The summed E-state index contributed by atoms with van der Waals surface area (Å²) in [5, 5.41) is 0. The van der Waals surface area contributed by atoms with Crippen molar-refractivity contribution < 1.29 is 9.59 Å². The fourth-order valence-electron chi connectivity index (χ4n) is 8.30. The number of nitrogens with zero attached hydrogens (tertiary/aromatic N) is 2. The predicted octanol–water partition coefficient (Wildman–Crippen LogP) is 16.0. The first-order valence-electron chi connectivity index (χ1n) is 22.0. The second-order valence-corrected chi connectivity index (χ2v) is 20.8. The summed E-state index contributed by atoms with van der Waals surface area (Å²) in [6.45, 7) is 8.16. The third-order valence-electron chi connectivity index (χ3n) is 11.4. The highest BCUT2D eigenvalue weighted by Crippen LogP contribution is 2.49. The lowest BCUT2D eigenvalue weighted by molar-refractivity contribution is -0.124. The molecule has 1 unspecified atom stereocenters. The summed E-state index contributed by atoms with van der Waals surface area (Å²) in [6, 6.07) is 8.28. The lowest BCUT2D eigenvalue weighted by Crippen LogP contribution is -2.33. The topological polar surface area (TPSA) is 40.6 Å². The normalized spacial score (nSPS) is 15.1. The molecule has 2 aliphatic heterocycles. The molecule has 0 saturated carbocycles. The Morgan fingerprint density at radius 1 is 0.481 bits per heavy atom. The second-order valence-electron chi connectivity index (χ2n) is 15.9. The van der Waals surface area contributed by atoms with Gasteiger partial charge in [0.15, 0.2) is 0 Å². The second kappa shape index (κ2) is 25.9. The predicted molar refractivity (Wildman–Crippen MR) is 242 cm³/mol. The summed E-state index contributed by atoms with van der Waals surface area (Å²) < 4.78 is 2.04. The number of hydrogen-bond acceptors (Lipinski definition) is 4. The molecule has 0 spiro atoms. The number of carbonyl (C=O) groups is 2. The van der Waals surface area contributed by atoms with E-state index >= 15 is 0 Å². The molecule has 0 fully saturated rings. The molecule has 2 amide bonds. The molecule has 0 radical (unpaired) electrons. The van der Waals surface area contributed by atoms with Crippen LogP contribution in [0.5, 0.6) is 0 Å². The first kappa shape index (κ1) is 45.5. The molecule has 2 aromatic heterocycles. The van der Waals surface area contributed by atoms with Crippen LogP contribution in [0.15, 0.2) is 43.0 Å². The van der Waals surface area contributed by atoms with Crippen molar-refractivity contribution in [3.05, 3.63) is 52.7 Å². The maximum atomic E-state index is 14.9. The smallest absolute Gasteiger partial charge is 0.261 e. The Bertz CT molecular complexity index is 1480. The van der Waals surface area contributed by atoms with Gasteiger partial charge in [-0.05, 0) is 81.3 Å². The van der Waals surface area contributed by atoms with Crippen LogP contribution in [0, 0.1) is 5.92 Å². The van der Waals surface area contributed by atoms with E-state index in [1.165, 1.54) is 141 Å². The summed E-state index contributed by atoms with van der Waals surface area (Å²) in [6.07, 6.45) is 33.1. The fraction of sp³-hybridized carbons (Fsp3) is 0.696. The molecular weight excluding hydrogens is 836 g/mol. The molecule has 4 rings (SSSR count). The monoisotopic (exact) mass is 904 g/mol. The number of amides is 2. The molecule has 0 N–H and O–H groups in total. The van der Waals surface area contributed by atoms with Crippen molar-refractivity contribution in [2.75, 3.05) is 13.1 Å². The molecule has 0 aromatic carbocycles. The van der Waals surface area contributed by atoms with Crippen LogP contribution in [0.3, 0.4) is 0 Å². The molecular formula is C46H70Br2N2O2S2. The highest BCUT2D eigenvalue weighted by atomic mass is 79.9. The molecule has 4 nitrogen and oxygen atoms in total. The molecule has 2 aliphatic rings. The van der Waals surface area contributed by atoms with E-state index in [1.54, 1.807) is 22.7 Å². The van der Waals surface area contributed by atoms with Crippen LogP contribution in [-0.4, -0.2) is 34.7 Å². The van der Waals surface area contributed by atoms with E-state index in [0.717, 1.165) is 54.4 Å². The van der Waals surface area contributed by atoms with E-state index in [-0.39, 0.29) is 11.8 Å². The number of hydrogen-bond donors (Lipinski definition) is 0. The Morgan fingerprint density at radius 3 is 1.22 bits per heavy atom. The zero-order valence-electron chi connectivity index (χ0n) is 34.0. The van der Waals surface area contributed by atoms with Gasteiger partial charge in [-0.15, -0.1) is 22.7 Å². The summed E-state index contributed by atoms with van der Waals surface area (Å²) in [7, 11) is 0. The van der Waals surface area contributed by atoms with Gasteiger partial charge in [-0.25, -0.2) is 0 Å². The molecule has 4 heterocycles. The quantitative estimate of drug-likeness (QED) is 0.0707. The highest BCUT2D eigenvalue weighted by molar-refractivity contribution is 9.11. The Balaban J connectivity index is 1.53. The molecule has 8 heteroatoms. The Morgan fingerprint density at radius 2 is 0.833 bits per heavy atom. The van der Waals surface area contributed by atoms with Crippen molar-refractivity contribution >= 4 is 77.7 Å². The largest absolute Gasteiger partial charge is 0.306 e. The van der Waals surface area contributed by atoms with Crippen LogP contribution < -0.4 is 0 Å². The molecule has 0 bridgehead atoms. The van der Waals surface area contributed by atoms with Crippen molar-refractivity contribution in [2.45, 2.75) is 188 Å². The average molecular weight is 907 g/mol. The third-order valence-corrected chi connectivity index (χ3v) is 14.7. The maximum absolute atomic E-state index is 14.9. The van der Waals surface area contributed by atoms with Gasteiger partial charge in [0.05, 0.1) is 39.9 Å². The Kier molecular flexibility index (Phi) is 21.8. The van der Waals surface area contributed by atoms with Crippen molar-refractivity contribution in [2.24, 2.45) is 5.92 Å². The van der Waals surface area contributed by atoms with Gasteiger partial charge in [-0.2, -0.15) is 0 Å². The van der Waals surface area contributed by atoms with E-state index in [1.807, 2.05) is 15.9 Å². The SMILES string of the molecule is CCCCCCCCCCCCC(CCCCCCCCCC)CN1C(=O)C2=C(c3ccc(Br)s3)N(CCCCCCCC)C(=O)C2=C1c1ccc(Br)s1. The minimum atomic E-state index is 0.00256. The Labute approximate surface area is 354 Å². The van der Waals surface area contributed by atoms with Gasteiger partial charge < -0.3 is 9.80 Å². The molecule has 0 saturated heterocycles. The van der Waals surface area contributed by atoms with Gasteiger partial charge in [0.25, 0.3) is 11.8 Å². The zero-order chi connectivity index (χ0) is 38.5. The minimum Gasteiger partial charge on any atom is -0.306 e. The minimum absolute atomic E-state index is 0.00256. The van der Waals surface area contributed by atoms with Gasteiger partial charge >= 0.3 is 0 Å².